The minimum atomic E-state index is -0.530. The summed E-state index contributed by atoms with van der Waals surface area (Å²) in [5.74, 6) is 0. The van der Waals surface area contributed by atoms with Crippen LogP contribution < -0.4 is 0 Å². The van der Waals surface area contributed by atoms with Crippen LogP contribution in [0.15, 0.2) is 30.3 Å². The normalized spacial score (nSPS) is 14.9. The Labute approximate surface area is 97.4 Å². The Kier molecular flexibility index (Phi) is 5.13. The first-order valence-electron chi connectivity index (χ1n) is 5.48. The van der Waals surface area contributed by atoms with E-state index in [2.05, 4.69) is 19.1 Å². The first-order valence-corrected chi connectivity index (χ1v) is 5.86. The molecule has 0 aliphatic carbocycles. The van der Waals surface area contributed by atoms with Gasteiger partial charge < -0.3 is 4.74 Å². The van der Waals surface area contributed by atoms with E-state index >= 15 is 0 Å². The Hall–Kier alpha value is -0.530. The molecule has 2 heteroatoms. The van der Waals surface area contributed by atoms with Crippen molar-refractivity contribution >= 4 is 11.6 Å². The molecule has 1 nitrogen and oxygen atoms in total. The molecule has 1 aromatic rings. The molecule has 0 N–H and O–H groups in total. The number of hydrogen-bond acceptors (Lipinski definition) is 1. The van der Waals surface area contributed by atoms with Gasteiger partial charge in [-0.2, -0.15) is 0 Å². The van der Waals surface area contributed by atoms with E-state index in [9.17, 15) is 0 Å². The number of hydrogen-bond donors (Lipinski definition) is 0. The molecule has 15 heavy (non-hydrogen) atoms. The zero-order chi connectivity index (χ0) is 11.1. The molecule has 0 aromatic heterocycles. The third-order valence-electron chi connectivity index (χ3n) is 2.58. The Morgan fingerprint density at radius 3 is 2.47 bits per heavy atom. The molecule has 0 spiro atoms. The van der Waals surface area contributed by atoms with Crippen LogP contribution in [0.5, 0.6) is 0 Å². The molecule has 1 rings (SSSR count). The quantitative estimate of drug-likeness (QED) is 0.667. The summed E-state index contributed by atoms with van der Waals surface area (Å²) in [5, 5.41) is -0.530. The molecule has 84 valence electrons. The summed E-state index contributed by atoms with van der Waals surface area (Å²) in [6.45, 7) is 2.16. The fraction of sp³-hybridized carbons (Fsp3) is 0.538. The predicted molar refractivity (Wildman–Crippen MR) is 65.3 cm³/mol. The van der Waals surface area contributed by atoms with Crippen LogP contribution >= 0.6 is 11.6 Å². The van der Waals surface area contributed by atoms with Gasteiger partial charge in [-0.25, -0.2) is 0 Å². The van der Waals surface area contributed by atoms with E-state index in [1.807, 2.05) is 18.2 Å². The van der Waals surface area contributed by atoms with Gasteiger partial charge in [-0.05, 0) is 18.4 Å². The molecule has 0 amide bonds. The molecule has 0 saturated carbocycles. The van der Waals surface area contributed by atoms with E-state index in [0.717, 1.165) is 25.7 Å². The van der Waals surface area contributed by atoms with E-state index in [4.69, 9.17) is 16.3 Å². The molecule has 1 atom stereocenters. The van der Waals surface area contributed by atoms with Gasteiger partial charge in [0, 0.05) is 13.5 Å². The summed E-state index contributed by atoms with van der Waals surface area (Å²) in [6.07, 6.45) is 3.92. The number of alkyl halides is 1. The topological polar surface area (TPSA) is 9.23 Å². The van der Waals surface area contributed by atoms with Crippen molar-refractivity contribution in [2.24, 2.45) is 0 Å². The lowest BCUT2D eigenvalue weighted by Gasteiger charge is -2.25. The SMILES string of the molecule is CCCCC(Cl)(Cc1ccccc1)OC. The van der Waals surface area contributed by atoms with Gasteiger partial charge in [0.25, 0.3) is 0 Å². The zero-order valence-corrected chi connectivity index (χ0v) is 10.3. The van der Waals surface area contributed by atoms with Gasteiger partial charge >= 0.3 is 0 Å². The van der Waals surface area contributed by atoms with Crippen molar-refractivity contribution in [2.75, 3.05) is 7.11 Å². The van der Waals surface area contributed by atoms with Gasteiger partial charge in [-0.3, -0.25) is 0 Å². The third-order valence-corrected chi connectivity index (χ3v) is 3.06. The predicted octanol–water partition coefficient (Wildman–Crippen LogP) is 4.00. The van der Waals surface area contributed by atoms with Gasteiger partial charge in [0.05, 0.1) is 0 Å². The number of methoxy groups -OCH3 is 1. The standard InChI is InChI=1S/C13H19ClO/c1-3-4-10-13(14,15-2)11-12-8-6-5-7-9-12/h5-9H,3-4,10-11H2,1-2H3. The molecule has 0 aliphatic rings. The van der Waals surface area contributed by atoms with Crippen molar-refractivity contribution < 1.29 is 4.74 Å². The maximum Gasteiger partial charge on any atom is 0.145 e. The first-order chi connectivity index (χ1) is 7.20. The lowest BCUT2D eigenvalue weighted by Crippen LogP contribution is -2.26. The maximum atomic E-state index is 6.41. The van der Waals surface area contributed by atoms with E-state index in [0.29, 0.717) is 0 Å². The fourth-order valence-corrected chi connectivity index (χ4v) is 1.89. The summed E-state index contributed by atoms with van der Waals surface area (Å²) >= 11 is 6.41. The van der Waals surface area contributed by atoms with Crippen molar-refractivity contribution in [2.45, 2.75) is 37.7 Å². The van der Waals surface area contributed by atoms with Crippen LogP contribution in [0.1, 0.15) is 31.7 Å². The number of benzene rings is 1. The van der Waals surface area contributed by atoms with Crippen LogP contribution in [0, 0.1) is 0 Å². The van der Waals surface area contributed by atoms with E-state index in [1.165, 1.54) is 5.56 Å². The van der Waals surface area contributed by atoms with Gasteiger partial charge in [0.1, 0.15) is 5.06 Å². The molecule has 0 saturated heterocycles. The second-order valence-corrected chi connectivity index (χ2v) is 4.54. The lowest BCUT2D eigenvalue weighted by molar-refractivity contribution is 0.0547. The highest BCUT2D eigenvalue weighted by Crippen LogP contribution is 2.27. The smallest absolute Gasteiger partial charge is 0.145 e. The molecule has 0 heterocycles. The number of halogens is 1. The Bertz CT molecular complexity index is 273. The number of rotatable bonds is 6. The van der Waals surface area contributed by atoms with Crippen molar-refractivity contribution in [1.29, 1.82) is 0 Å². The minimum absolute atomic E-state index is 0.530. The average Bonchev–Trinajstić information content (AvgIpc) is 2.28. The highest BCUT2D eigenvalue weighted by atomic mass is 35.5. The van der Waals surface area contributed by atoms with Crippen molar-refractivity contribution in [3.8, 4) is 0 Å². The minimum Gasteiger partial charge on any atom is -0.363 e. The zero-order valence-electron chi connectivity index (χ0n) is 9.50. The first kappa shape index (κ1) is 12.5. The molecular formula is C13H19ClO. The van der Waals surface area contributed by atoms with E-state index in [-0.39, 0.29) is 0 Å². The fourth-order valence-electron chi connectivity index (χ4n) is 1.60. The van der Waals surface area contributed by atoms with Crippen LogP contribution in [-0.2, 0) is 11.2 Å². The van der Waals surface area contributed by atoms with Gasteiger partial charge in [0.15, 0.2) is 0 Å². The molecule has 0 radical (unpaired) electrons. The van der Waals surface area contributed by atoms with Gasteiger partial charge in [-0.1, -0.05) is 55.3 Å². The second kappa shape index (κ2) is 6.14. The summed E-state index contributed by atoms with van der Waals surface area (Å²) in [4.78, 5) is 0. The summed E-state index contributed by atoms with van der Waals surface area (Å²) in [7, 11) is 1.69. The lowest BCUT2D eigenvalue weighted by atomic mass is 10.0. The summed E-state index contributed by atoms with van der Waals surface area (Å²) < 4.78 is 5.41. The number of ether oxygens (including phenoxy) is 1. The van der Waals surface area contributed by atoms with Crippen LogP contribution in [0.4, 0.5) is 0 Å². The van der Waals surface area contributed by atoms with Crippen LogP contribution in [0.25, 0.3) is 0 Å². The Morgan fingerprint density at radius 2 is 1.93 bits per heavy atom. The van der Waals surface area contributed by atoms with Crippen LogP contribution in [0.2, 0.25) is 0 Å². The summed E-state index contributed by atoms with van der Waals surface area (Å²) in [6, 6.07) is 10.2. The highest BCUT2D eigenvalue weighted by Gasteiger charge is 2.25. The van der Waals surface area contributed by atoms with Crippen molar-refractivity contribution in [1.82, 2.24) is 0 Å². The van der Waals surface area contributed by atoms with Gasteiger partial charge in [0.2, 0.25) is 0 Å². The van der Waals surface area contributed by atoms with Crippen LogP contribution in [0.3, 0.4) is 0 Å². The Morgan fingerprint density at radius 1 is 1.27 bits per heavy atom. The molecule has 1 unspecified atom stereocenters. The average molecular weight is 227 g/mol. The van der Waals surface area contributed by atoms with E-state index in [1.54, 1.807) is 7.11 Å². The molecule has 0 aliphatic heterocycles. The second-order valence-electron chi connectivity index (χ2n) is 3.85. The van der Waals surface area contributed by atoms with E-state index < -0.39 is 5.06 Å². The van der Waals surface area contributed by atoms with Gasteiger partial charge in [-0.15, -0.1) is 0 Å². The number of unbranched alkanes of at least 4 members (excludes halogenated alkanes) is 1. The molecule has 1 aromatic carbocycles. The third kappa shape index (κ3) is 4.23. The van der Waals surface area contributed by atoms with Crippen molar-refractivity contribution in [3.05, 3.63) is 35.9 Å². The molecule has 0 fully saturated rings. The highest BCUT2D eigenvalue weighted by molar-refractivity contribution is 6.23. The Balaban J connectivity index is 2.59. The monoisotopic (exact) mass is 226 g/mol. The van der Waals surface area contributed by atoms with Crippen molar-refractivity contribution in [3.63, 3.8) is 0 Å². The molecular weight excluding hydrogens is 208 g/mol. The van der Waals surface area contributed by atoms with Crippen LogP contribution in [-0.4, -0.2) is 12.2 Å². The largest absolute Gasteiger partial charge is 0.363 e. The molecule has 0 bridgehead atoms. The summed E-state index contributed by atoms with van der Waals surface area (Å²) in [5.41, 5.74) is 1.23. The maximum absolute atomic E-state index is 6.41.